The molecule has 0 fully saturated rings. The molecule has 7 nitrogen and oxygen atoms in total. The summed E-state index contributed by atoms with van der Waals surface area (Å²) in [7, 11) is -4.51. The van der Waals surface area contributed by atoms with E-state index in [1.165, 1.54) is 18.2 Å². The Bertz CT molecular complexity index is 1120. The summed E-state index contributed by atoms with van der Waals surface area (Å²) < 4.78 is 70.5. The van der Waals surface area contributed by atoms with Crippen molar-refractivity contribution in [1.82, 2.24) is 4.98 Å². The second-order valence-electron chi connectivity index (χ2n) is 5.22. The SMILES string of the molecule is O=S(=O)(O)c1ccc2[nH]c(O)c(N=Nc3ccccc3C(F)(F)F)c2c1. The molecule has 11 heteroatoms. The van der Waals surface area contributed by atoms with Crippen LogP contribution >= 0.6 is 0 Å². The number of H-pyrrole nitrogens is 1. The van der Waals surface area contributed by atoms with Crippen LogP contribution in [0.1, 0.15) is 5.56 Å². The molecule has 3 aromatic rings. The smallest absolute Gasteiger partial charge is 0.418 e. The van der Waals surface area contributed by atoms with Gasteiger partial charge in [-0.2, -0.15) is 21.6 Å². The Morgan fingerprint density at radius 3 is 2.38 bits per heavy atom. The van der Waals surface area contributed by atoms with Gasteiger partial charge in [0.2, 0.25) is 5.88 Å². The van der Waals surface area contributed by atoms with Gasteiger partial charge in [-0.1, -0.05) is 12.1 Å². The van der Waals surface area contributed by atoms with Gasteiger partial charge in [-0.25, -0.2) is 0 Å². The molecule has 0 spiro atoms. The molecule has 2 aromatic carbocycles. The van der Waals surface area contributed by atoms with Gasteiger partial charge in [-0.3, -0.25) is 4.55 Å². The van der Waals surface area contributed by atoms with Gasteiger partial charge in [0.1, 0.15) is 0 Å². The first kappa shape index (κ1) is 17.9. The third-order valence-electron chi connectivity index (χ3n) is 3.49. The second kappa shape index (κ2) is 6.11. The molecule has 3 rings (SSSR count). The summed E-state index contributed by atoms with van der Waals surface area (Å²) in [4.78, 5) is 2.03. The highest BCUT2D eigenvalue weighted by molar-refractivity contribution is 7.85. The summed E-state index contributed by atoms with van der Waals surface area (Å²) in [6.45, 7) is 0. The normalized spacial score (nSPS) is 12.9. The first-order chi connectivity index (χ1) is 12.1. The average Bonchev–Trinajstić information content (AvgIpc) is 2.86. The van der Waals surface area contributed by atoms with Gasteiger partial charge in [-0.05, 0) is 30.3 Å². The quantitative estimate of drug-likeness (QED) is 0.453. The first-order valence-electron chi connectivity index (χ1n) is 6.97. The lowest BCUT2D eigenvalue weighted by atomic mass is 10.2. The molecule has 0 aliphatic heterocycles. The number of halogens is 3. The molecule has 1 heterocycles. The number of fused-ring (bicyclic) bond motifs is 1. The zero-order valence-corrected chi connectivity index (χ0v) is 13.5. The molecule has 0 aliphatic carbocycles. The molecule has 136 valence electrons. The maximum absolute atomic E-state index is 13.0. The van der Waals surface area contributed by atoms with Crippen molar-refractivity contribution in [2.75, 3.05) is 0 Å². The van der Waals surface area contributed by atoms with E-state index in [0.717, 1.165) is 24.3 Å². The van der Waals surface area contributed by atoms with Crippen LogP contribution in [0.25, 0.3) is 10.9 Å². The highest BCUT2D eigenvalue weighted by Crippen LogP contribution is 2.40. The standard InChI is InChI=1S/C15H10F3N3O4S/c16-15(17,18)10-3-1-2-4-12(10)20-21-13-9-7-8(26(23,24)25)5-6-11(9)19-14(13)22/h1-7,19,22H,(H,23,24,25). The number of alkyl halides is 3. The Kier molecular flexibility index (Phi) is 4.20. The fourth-order valence-corrected chi connectivity index (χ4v) is 2.82. The van der Waals surface area contributed by atoms with E-state index in [2.05, 4.69) is 15.2 Å². The molecule has 0 saturated heterocycles. The van der Waals surface area contributed by atoms with Crippen molar-refractivity contribution in [2.45, 2.75) is 11.1 Å². The van der Waals surface area contributed by atoms with E-state index >= 15 is 0 Å². The predicted octanol–water partition coefficient (Wildman–Crippen LogP) is 4.55. The largest absolute Gasteiger partial charge is 0.493 e. The lowest BCUT2D eigenvalue weighted by molar-refractivity contribution is -0.137. The van der Waals surface area contributed by atoms with Gasteiger partial charge >= 0.3 is 6.18 Å². The van der Waals surface area contributed by atoms with E-state index in [1.807, 2.05) is 0 Å². The number of hydrogen-bond acceptors (Lipinski definition) is 5. The molecule has 0 radical (unpaired) electrons. The molecule has 0 saturated carbocycles. The van der Waals surface area contributed by atoms with Crippen molar-refractivity contribution in [3.8, 4) is 5.88 Å². The molecule has 0 atom stereocenters. The maximum Gasteiger partial charge on any atom is 0.418 e. The van der Waals surface area contributed by atoms with Crippen LogP contribution < -0.4 is 0 Å². The molecule has 0 bridgehead atoms. The lowest BCUT2D eigenvalue weighted by Crippen LogP contribution is -2.04. The molecule has 0 aliphatic rings. The van der Waals surface area contributed by atoms with Crippen LogP contribution in [0.2, 0.25) is 0 Å². The number of aromatic nitrogens is 1. The Balaban J connectivity index is 2.13. The Hall–Kier alpha value is -2.92. The summed E-state index contributed by atoms with van der Waals surface area (Å²) in [6.07, 6.45) is -4.64. The summed E-state index contributed by atoms with van der Waals surface area (Å²) in [5, 5.41) is 17.1. The zero-order valence-electron chi connectivity index (χ0n) is 12.7. The van der Waals surface area contributed by atoms with Crippen molar-refractivity contribution in [2.24, 2.45) is 10.2 Å². The van der Waals surface area contributed by atoms with Crippen LogP contribution in [-0.2, 0) is 16.3 Å². The monoisotopic (exact) mass is 385 g/mol. The van der Waals surface area contributed by atoms with Gasteiger partial charge in [0.25, 0.3) is 10.1 Å². The zero-order chi connectivity index (χ0) is 19.1. The highest BCUT2D eigenvalue weighted by atomic mass is 32.2. The van der Waals surface area contributed by atoms with Crippen molar-refractivity contribution >= 4 is 32.4 Å². The Labute approximate surface area is 144 Å². The van der Waals surface area contributed by atoms with Gasteiger partial charge < -0.3 is 10.1 Å². The molecule has 0 unspecified atom stereocenters. The van der Waals surface area contributed by atoms with Crippen molar-refractivity contribution in [3.63, 3.8) is 0 Å². The lowest BCUT2D eigenvalue weighted by Gasteiger charge is -2.08. The summed E-state index contributed by atoms with van der Waals surface area (Å²) in [6, 6.07) is 7.85. The first-order valence-corrected chi connectivity index (χ1v) is 8.41. The van der Waals surface area contributed by atoms with E-state index in [-0.39, 0.29) is 16.6 Å². The minimum absolute atomic E-state index is 0.0610. The maximum atomic E-state index is 13.0. The van der Waals surface area contributed by atoms with E-state index in [9.17, 15) is 26.7 Å². The van der Waals surface area contributed by atoms with E-state index < -0.39 is 38.3 Å². The second-order valence-corrected chi connectivity index (χ2v) is 6.64. The molecule has 1 aromatic heterocycles. The minimum Gasteiger partial charge on any atom is -0.493 e. The van der Waals surface area contributed by atoms with Crippen LogP contribution in [0.5, 0.6) is 5.88 Å². The van der Waals surface area contributed by atoms with Crippen molar-refractivity contribution in [3.05, 3.63) is 48.0 Å². The van der Waals surface area contributed by atoms with E-state index in [0.29, 0.717) is 0 Å². The third kappa shape index (κ3) is 3.39. The number of rotatable bonds is 3. The van der Waals surface area contributed by atoms with Crippen molar-refractivity contribution in [1.29, 1.82) is 0 Å². The summed E-state index contributed by atoms with van der Waals surface area (Å²) in [5.74, 6) is -0.513. The Morgan fingerprint density at radius 2 is 1.73 bits per heavy atom. The fourth-order valence-electron chi connectivity index (χ4n) is 2.31. The topological polar surface area (TPSA) is 115 Å². The number of azo groups is 1. The van der Waals surface area contributed by atoms with Crippen LogP contribution in [-0.4, -0.2) is 23.1 Å². The van der Waals surface area contributed by atoms with Gasteiger partial charge in [0, 0.05) is 5.39 Å². The molecule has 3 N–H and O–H groups in total. The van der Waals surface area contributed by atoms with E-state index in [1.54, 1.807) is 0 Å². The fraction of sp³-hybridized carbons (Fsp3) is 0.0667. The molecular formula is C15H10F3N3O4S. The van der Waals surface area contributed by atoms with Crippen LogP contribution in [0.3, 0.4) is 0 Å². The van der Waals surface area contributed by atoms with Gasteiger partial charge in [0.05, 0.1) is 21.7 Å². The van der Waals surface area contributed by atoms with Gasteiger partial charge in [-0.15, -0.1) is 10.2 Å². The van der Waals surface area contributed by atoms with E-state index in [4.69, 9.17) is 4.55 Å². The summed E-state index contributed by atoms with van der Waals surface area (Å²) >= 11 is 0. The molecule has 26 heavy (non-hydrogen) atoms. The number of nitrogens with zero attached hydrogens (tertiary/aromatic N) is 2. The molecular weight excluding hydrogens is 375 g/mol. The van der Waals surface area contributed by atoms with Crippen molar-refractivity contribution < 1.29 is 31.2 Å². The number of hydrogen-bond donors (Lipinski definition) is 3. The number of aromatic hydroxyl groups is 1. The minimum atomic E-state index is -4.64. The predicted molar refractivity (Wildman–Crippen MR) is 85.4 cm³/mol. The molecule has 0 amide bonds. The average molecular weight is 385 g/mol. The number of benzene rings is 2. The number of aromatic amines is 1. The summed E-state index contributed by atoms with van der Waals surface area (Å²) in [5.41, 5.74) is -1.49. The third-order valence-corrected chi connectivity index (χ3v) is 4.34. The van der Waals surface area contributed by atoms with Crippen LogP contribution in [0.15, 0.2) is 57.6 Å². The van der Waals surface area contributed by atoms with Crippen LogP contribution in [0.4, 0.5) is 24.5 Å². The van der Waals surface area contributed by atoms with Crippen LogP contribution in [0, 0.1) is 0 Å². The number of nitrogens with one attached hydrogen (secondary N) is 1. The highest BCUT2D eigenvalue weighted by Gasteiger charge is 2.33. The van der Waals surface area contributed by atoms with Gasteiger partial charge in [0.15, 0.2) is 5.69 Å². The Morgan fingerprint density at radius 1 is 1.04 bits per heavy atom.